The molecular formula is C20H29IN4O2S. The second-order valence-corrected chi connectivity index (χ2v) is 8.16. The van der Waals surface area contributed by atoms with Crippen LogP contribution >= 0.6 is 24.0 Å². The number of hydrogen-bond acceptors (Lipinski definition) is 3. The number of rotatable bonds is 9. The van der Waals surface area contributed by atoms with Gasteiger partial charge in [0.15, 0.2) is 5.96 Å². The Morgan fingerprint density at radius 2 is 1.64 bits per heavy atom. The Balaban J connectivity index is 0.00000392. The third kappa shape index (κ3) is 9.52. The van der Waals surface area contributed by atoms with Crippen molar-refractivity contribution >= 4 is 40.0 Å². The van der Waals surface area contributed by atoms with Gasteiger partial charge in [-0.05, 0) is 25.0 Å². The molecular weight excluding hydrogens is 487 g/mol. The van der Waals surface area contributed by atoms with Crippen molar-refractivity contribution in [2.45, 2.75) is 26.9 Å². The number of benzene rings is 2. The molecule has 0 amide bonds. The molecule has 2 aromatic rings. The average Bonchev–Trinajstić information content (AvgIpc) is 2.66. The van der Waals surface area contributed by atoms with Gasteiger partial charge in [-0.3, -0.25) is 0 Å². The third-order valence-electron chi connectivity index (χ3n) is 3.89. The van der Waals surface area contributed by atoms with Gasteiger partial charge in [0, 0.05) is 19.6 Å². The lowest BCUT2D eigenvalue weighted by molar-refractivity contribution is 0.580. The molecule has 0 spiro atoms. The first kappa shape index (κ1) is 24.4. The van der Waals surface area contributed by atoms with Gasteiger partial charge in [-0.2, -0.15) is 0 Å². The summed E-state index contributed by atoms with van der Waals surface area (Å²) in [4.78, 5) is 4.51. The Morgan fingerprint density at radius 1 is 0.964 bits per heavy atom. The Bertz CT molecular complexity index is 825. The lowest BCUT2D eigenvalue weighted by Gasteiger charge is -2.12. The third-order valence-corrected chi connectivity index (χ3v) is 5.21. The van der Waals surface area contributed by atoms with Gasteiger partial charge in [0.05, 0.1) is 12.3 Å². The minimum Gasteiger partial charge on any atom is -0.357 e. The van der Waals surface area contributed by atoms with Crippen molar-refractivity contribution in [1.29, 1.82) is 0 Å². The fourth-order valence-corrected chi connectivity index (χ4v) is 3.27. The van der Waals surface area contributed by atoms with Crippen LogP contribution in [0.1, 0.15) is 23.6 Å². The molecule has 0 heterocycles. The molecule has 3 N–H and O–H groups in total. The van der Waals surface area contributed by atoms with E-state index in [1.807, 2.05) is 56.3 Å². The summed E-state index contributed by atoms with van der Waals surface area (Å²) >= 11 is 0. The highest BCUT2D eigenvalue weighted by Gasteiger charge is 2.10. The summed E-state index contributed by atoms with van der Waals surface area (Å²) in [6.07, 6.45) is 0. The van der Waals surface area contributed by atoms with Crippen LogP contribution in [0.15, 0.2) is 59.6 Å². The lowest BCUT2D eigenvalue weighted by Crippen LogP contribution is -2.41. The molecule has 0 aromatic heterocycles. The van der Waals surface area contributed by atoms with E-state index in [9.17, 15) is 8.42 Å². The number of sulfonamides is 1. The molecule has 154 valence electrons. The van der Waals surface area contributed by atoms with Crippen LogP contribution in [0.25, 0.3) is 0 Å². The first-order chi connectivity index (χ1) is 13.0. The van der Waals surface area contributed by atoms with E-state index < -0.39 is 10.0 Å². The first-order valence-electron chi connectivity index (χ1n) is 9.07. The predicted octanol–water partition coefficient (Wildman–Crippen LogP) is 2.79. The summed E-state index contributed by atoms with van der Waals surface area (Å²) in [5.41, 5.74) is 3.25. The van der Waals surface area contributed by atoms with E-state index in [0.717, 1.165) is 11.1 Å². The molecule has 6 nitrogen and oxygen atoms in total. The van der Waals surface area contributed by atoms with E-state index in [0.29, 0.717) is 25.6 Å². The second-order valence-electron chi connectivity index (χ2n) is 6.23. The fraction of sp³-hybridized carbons (Fsp3) is 0.350. The summed E-state index contributed by atoms with van der Waals surface area (Å²) in [7, 11) is -3.36. The van der Waals surface area contributed by atoms with Crippen molar-refractivity contribution in [3.05, 3.63) is 71.3 Å². The van der Waals surface area contributed by atoms with E-state index in [1.54, 1.807) is 0 Å². The molecule has 2 aromatic carbocycles. The van der Waals surface area contributed by atoms with Crippen LogP contribution in [0, 0.1) is 6.92 Å². The molecule has 0 atom stereocenters. The summed E-state index contributed by atoms with van der Waals surface area (Å²) in [6, 6.07) is 17.6. The monoisotopic (exact) mass is 516 g/mol. The molecule has 8 heteroatoms. The number of hydrogen-bond donors (Lipinski definition) is 3. The molecule has 0 fully saturated rings. The lowest BCUT2D eigenvalue weighted by atomic mass is 10.1. The molecule has 0 aliphatic heterocycles. The van der Waals surface area contributed by atoms with Crippen molar-refractivity contribution in [2.75, 3.05) is 18.8 Å². The molecule has 28 heavy (non-hydrogen) atoms. The number of guanidine groups is 1. The first-order valence-corrected chi connectivity index (χ1v) is 10.7. The van der Waals surface area contributed by atoms with Crippen LogP contribution in [-0.2, 0) is 23.1 Å². The summed E-state index contributed by atoms with van der Waals surface area (Å²) in [6.45, 7) is 5.84. The van der Waals surface area contributed by atoms with Crippen molar-refractivity contribution in [3.8, 4) is 0 Å². The van der Waals surface area contributed by atoms with E-state index >= 15 is 0 Å². The van der Waals surface area contributed by atoms with Gasteiger partial charge in [0.2, 0.25) is 10.0 Å². The molecule has 2 rings (SSSR count). The number of aryl methyl sites for hydroxylation is 1. The summed E-state index contributed by atoms with van der Waals surface area (Å²) < 4.78 is 26.9. The summed E-state index contributed by atoms with van der Waals surface area (Å²) in [5, 5.41) is 6.21. The van der Waals surface area contributed by atoms with E-state index in [2.05, 4.69) is 32.5 Å². The number of nitrogens with one attached hydrogen (secondary N) is 3. The van der Waals surface area contributed by atoms with Gasteiger partial charge < -0.3 is 10.6 Å². The molecule has 0 saturated carbocycles. The molecule has 0 saturated heterocycles. The molecule has 0 radical (unpaired) electrons. The SMILES string of the molecule is CCNC(=NCc1ccc(C)cc1)NCCS(=O)(=O)NCc1ccccc1.I. The van der Waals surface area contributed by atoms with Crippen molar-refractivity contribution < 1.29 is 8.42 Å². The van der Waals surface area contributed by atoms with Gasteiger partial charge in [0.25, 0.3) is 0 Å². The smallest absolute Gasteiger partial charge is 0.213 e. The van der Waals surface area contributed by atoms with Crippen molar-refractivity contribution in [3.63, 3.8) is 0 Å². The maximum atomic E-state index is 12.1. The highest BCUT2D eigenvalue weighted by atomic mass is 127. The minimum absolute atomic E-state index is 0. The predicted molar refractivity (Wildman–Crippen MR) is 126 cm³/mol. The number of nitrogens with zero attached hydrogens (tertiary/aromatic N) is 1. The highest BCUT2D eigenvalue weighted by Crippen LogP contribution is 2.04. The molecule has 0 aliphatic rings. The quantitative estimate of drug-likeness (QED) is 0.272. The Labute approximate surface area is 185 Å². The van der Waals surface area contributed by atoms with E-state index in [-0.39, 0.29) is 36.3 Å². The average molecular weight is 516 g/mol. The Morgan fingerprint density at radius 3 is 2.29 bits per heavy atom. The van der Waals surface area contributed by atoms with Gasteiger partial charge >= 0.3 is 0 Å². The van der Waals surface area contributed by atoms with Crippen molar-refractivity contribution in [1.82, 2.24) is 15.4 Å². The minimum atomic E-state index is -3.36. The van der Waals surface area contributed by atoms with Crippen LogP contribution < -0.4 is 15.4 Å². The molecule has 0 unspecified atom stereocenters. The maximum Gasteiger partial charge on any atom is 0.213 e. The van der Waals surface area contributed by atoms with Gasteiger partial charge in [-0.25, -0.2) is 18.1 Å². The van der Waals surface area contributed by atoms with Crippen LogP contribution in [0.2, 0.25) is 0 Å². The van der Waals surface area contributed by atoms with Crippen LogP contribution in [-0.4, -0.2) is 33.2 Å². The van der Waals surface area contributed by atoms with Gasteiger partial charge in [-0.1, -0.05) is 60.2 Å². The Hall–Kier alpha value is -1.65. The molecule has 0 bridgehead atoms. The van der Waals surface area contributed by atoms with Crippen LogP contribution in [0.3, 0.4) is 0 Å². The summed E-state index contributed by atoms with van der Waals surface area (Å²) in [5.74, 6) is 0.589. The van der Waals surface area contributed by atoms with Crippen LogP contribution in [0.4, 0.5) is 0 Å². The largest absolute Gasteiger partial charge is 0.357 e. The maximum absolute atomic E-state index is 12.1. The number of halogens is 1. The fourth-order valence-electron chi connectivity index (χ4n) is 2.37. The zero-order valence-electron chi connectivity index (χ0n) is 16.3. The van der Waals surface area contributed by atoms with Gasteiger partial charge in [-0.15, -0.1) is 24.0 Å². The topological polar surface area (TPSA) is 82.6 Å². The number of aliphatic imine (C=N–C) groups is 1. The second kappa shape index (κ2) is 12.7. The normalized spacial score (nSPS) is 11.6. The zero-order valence-corrected chi connectivity index (χ0v) is 19.5. The highest BCUT2D eigenvalue weighted by molar-refractivity contribution is 14.0. The van der Waals surface area contributed by atoms with E-state index in [1.165, 1.54) is 5.56 Å². The van der Waals surface area contributed by atoms with Crippen molar-refractivity contribution in [2.24, 2.45) is 4.99 Å². The zero-order chi connectivity index (χ0) is 19.5. The Kier molecular flexibility index (Phi) is 11.1. The van der Waals surface area contributed by atoms with Crippen LogP contribution in [0.5, 0.6) is 0 Å². The standard InChI is InChI=1S/C20H28N4O2S.HI/c1-3-21-20(23-15-19-11-9-17(2)10-12-19)22-13-14-27(25,26)24-16-18-7-5-4-6-8-18;/h4-12,24H,3,13-16H2,1-2H3,(H2,21,22,23);1H. The molecule has 0 aliphatic carbocycles. The van der Waals surface area contributed by atoms with E-state index in [4.69, 9.17) is 0 Å². The van der Waals surface area contributed by atoms with Gasteiger partial charge in [0.1, 0.15) is 0 Å².